The van der Waals surface area contributed by atoms with E-state index in [1.54, 1.807) is 26.8 Å². The van der Waals surface area contributed by atoms with Crippen LogP contribution in [0, 0.1) is 5.92 Å². The second-order valence-corrected chi connectivity index (χ2v) is 11.4. The topological polar surface area (TPSA) is 130 Å². The third-order valence-corrected chi connectivity index (χ3v) is 6.05. The number of anilines is 2. The van der Waals surface area contributed by atoms with Crippen molar-refractivity contribution in [2.24, 2.45) is 5.92 Å². The van der Waals surface area contributed by atoms with E-state index in [2.05, 4.69) is 20.6 Å². The van der Waals surface area contributed by atoms with Crippen molar-refractivity contribution < 1.29 is 17.9 Å². The van der Waals surface area contributed by atoms with E-state index in [1.165, 1.54) is 18.3 Å². The van der Waals surface area contributed by atoms with Gasteiger partial charge in [0.15, 0.2) is 15.7 Å². The fourth-order valence-electron chi connectivity index (χ4n) is 2.89. The van der Waals surface area contributed by atoms with Crippen molar-refractivity contribution in [1.29, 1.82) is 0 Å². The van der Waals surface area contributed by atoms with Crippen molar-refractivity contribution in [3.8, 4) is 11.3 Å². The minimum absolute atomic E-state index is 0.0172. The molecule has 0 saturated heterocycles. The molecule has 10 heteroatoms. The summed E-state index contributed by atoms with van der Waals surface area (Å²) in [5.74, 6) is 0.0159. The molecule has 0 fully saturated rings. The molecule has 0 aliphatic heterocycles. The Bertz CT molecular complexity index is 1130. The fourth-order valence-corrected chi connectivity index (χ4v) is 4.57. The number of aromatic amines is 1. The van der Waals surface area contributed by atoms with Crippen LogP contribution < -0.4 is 16.2 Å². The summed E-state index contributed by atoms with van der Waals surface area (Å²) in [6.07, 6.45) is 0.724. The quantitative estimate of drug-likeness (QED) is 0.564. The number of sulfone groups is 1. The number of benzene rings is 1. The molecule has 0 aliphatic rings. The number of H-pyrrole nitrogens is 1. The lowest BCUT2D eigenvalue weighted by Gasteiger charge is -2.20. The van der Waals surface area contributed by atoms with Crippen LogP contribution in [0.25, 0.3) is 11.3 Å². The summed E-state index contributed by atoms with van der Waals surface area (Å²) in [7, 11) is -3.63. The highest BCUT2D eigenvalue weighted by molar-refractivity contribution is 7.91. The van der Waals surface area contributed by atoms with Gasteiger partial charge in [0, 0.05) is 17.3 Å². The number of rotatable bonds is 7. The number of nitrogens with zero attached hydrogens (tertiary/aromatic N) is 1. The van der Waals surface area contributed by atoms with Crippen LogP contribution in [0.2, 0.25) is 0 Å². The van der Waals surface area contributed by atoms with E-state index in [-0.39, 0.29) is 34.1 Å². The van der Waals surface area contributed by atoms with E-state index in [1.807, 2.05) is 27.7 Å². The molecular formula is C22H32N4O5S. The molecule has 1 aromatic heterocycles. The van der Waals surface area contributed by atoms with Crippen molar-refractivity contribution in [3.63, 3.8) is 0 Å². The van der Waals surface area contributed by atoms with Gasteiger partial charge in [-0.2, -0.15) is 0 Å². The average molecular weight is 465 g/mol. The first-order valence-corrected chi connectivity index (χ1v) is 12.1. The van der Waals surface area contributed by atoms with E-state index in [9.17, 15) is 18.0 Å². The van der Waals surface area contributed by atoms with Gasteiger partial charge in [-0.25, -0.2) is 18.2 Å². The molecule has 3 N–H and O–H groups in total. The maximum atomic E-state index is 12.9. The van der Waals surface area contributed by atoms with Gasteiger partial charge >= 0.3 is 6.09 Å². The van der Waals surface area contributed by atoms with E-state index in [0.29, 0.717) is 11.3 Å². The summed E-state index contributed by atoms with van der Waals surface area (Å²) in [6.45, 7) is 12.6. The van der Waals surface area contributed by atoms with Crippen LogP contribution in [-0.2, 0) is 14.6 Å². The fraction of sp³-hybridized carbons (Fsp3) is 0.500. The number of aromatic nitrogens is 2. The molecular weight excluding hydrogens is 432 g/mol. The number of ether oxygens (including phenoxy) is 1. The van der Waals surface area contributed by atoms with Gasteiger partial charge in [0.1, 0.15) is 5.60 Å². The number of amides is 1. The molecule has 176 valence electrons. The standard InChI is InChI=1S/C22H32N4O5S/c1-13(2)12-32(29,30)17-9-15(8-16(10-17)25-21(28)31-22(5,6)7)18-11-23-19(20(27)26-18)24-14(3)4/h8-11,13-14H,12H2,1-7H3,(H,23,24)(H,25,28)(H,26,27). The largest absolute Gasteiger partial charge is 0.444 e. The molecule has 2 rings (SSSR count). The normalized spacial score (nSPS) is 12.2. The van der Waals surface area contributed by atoms with Gasteiger partial charge in [-0.05, 0) is 58.7 Å². The van der Waals surface area contributed by atoms with E-state index >= 15 is 0 Å². The molecule has 0 atom stereocenters. The Morgan fingerprint density at radius 1 is 1.16 bits per heavy atom. The van der Waals surface area contributed by atoms with Crippen LogP contribution in [0.1, 0.15) is 48.5 Å². The Kier molecular flexibility index (Phi) is 7.71. The highest BCUT2D eigenvalue weighted by Gasteiger charge is 2.21. The molecule has 0 unspecified atom stereocenters. The minimum atomic E-state index is -3.63. The molecule has 32 heavy (non-hydrogen) atoms. The van der Waals surface area contributed by atoms with Gasteiger partial charge < -0.3 is 15.0 Å². The lowest BCUT2D eigenvalue weighted by molar-refractivity contribution is 0.0636. The monoisotopic (exact) mass is 464 g/mol. The molecule has 0 bridgehead atoms. The van der Waals surface area contributed by atoms with Gasteiger partial charge in [-0.1, -0.05) is 13.8 Å². The average Bonchev–Trinajstić information content (AvgIpc) is 2.60. The predicted molar refractivity (Wildman–Crippen MR) is 126 cm³/mol. The van der Waals surface area contributed by atoms with Gasteiger partial charge in [-0.15, -0.1) is 0 Å². The lowest BCUT2D eigenvalue weighted by Crippen LogP contribution is -2.27. The zero-order chi connectivity index (χ0) is 24.3. The minimum Gasteiger partial charge on any atom is -0.444 e. The Morgan fingerprint density at radius 3 is 2.34 bits per heavy atom. The number of carbonyl (C=O) groups excluding carboxylic acids is 1. The first-order chi connectivity index (χ1) is 14.7. The summed E-state index contributed by atoms with van der Waals surface area (Å²) in [5, 5.41) is 5.52. The lowest BCUT2D eigenvalue weighted by atomic mass is 10.1. The smallest absolute Gasteiger partial charge is 0.412 e. The first kappa shape index (κ1) is 25.4. The van der Waals surface area contributed by atoms with Gasteiger partial charge in [0.25, 0.3) is 5.56 Å². The summed E-state index contributed by atoms with van der Waals surface area (Å²) in [6, 6.07) is 4.41. The molecule has 1 amide bonds. The predicted octanol–water partition coefficient (Wildman–Crippen LogP) is 4.03. The SMILES string of the molecule is CC(C)CS(=O)(=O)c1cc(NC(=O)OC(C)(C)C)cc(-c2cnc(NC(C)C)c(=O)[nH]2)c1. The third-order valence-electron chi connectivity index (χ3n) is 3.99. The summed E-state index contributed by atoms with van der Waals surface area (Å²) < 4.78 is 31.1. The Hall–Kier alpha value is -2.88. The van der Waals surface area contributed by atoms with Crippen LogP contribution in [0.15, 0.2) is 34.1 Å². The Balaban J connectivity index is 2.54. The summed E-state index contributed by atoms with van der Waals surface area (Å²) >= 11 is 0. The zero-order valence-corrected chi connectivity index (χ0v) is 20.4. The van der Waals surface area contributed by atoms with E-state index in [0.717, 1.165) is 0 Å². The molecule has 0 spiro atoms. The molecule has 1 aromatic carbocycles. The number of nitrogens with one attached hydrogen (secondary N) is 3. The zero-order valence-electron chi connectivity index (χ0n) is 19.6. The summed E-state index contributed by atoms with van der Waals surface area (Å²) in [5.41, 5.74) is -0.222. The van der Waals surface area contributed by atoms with Crippen LogP contribution >= 0.6 is 0 Å². The van der Waals surface area contributed by atoms with Crippen molar-refractivity contribution in [2.75, 3.05) is 16.4 Å². The molecule has 0 radical (unpaired) electrons. The van der Waals surface area contributed by atoms with Crippen molar-refractivity contribution in [3.05, 3.63) is 34.7 Å². The number of carbonyl (C=O) groups is 1. The van der Waals surface area contributed by atoms with Gasteiger partial charge in [-0.3, -0.25) is 10.1 Å². The second kappa shape index (κ2) is 9.72. The Labute approximate surface area is 188 Å². The maximum absolute atomic E-state index is 12.9. The van der Waals surface area contributed by atoms with Gasteiger partial charge in [0.05, 0.1) is 22.5 Å². The van der Waals surface area contributed by atoms with Crippen molar-refractivity contribution in [1.82, 2.24) is 9.97 Å². The molecule has 0 aliphatic carbocycles. The number of hydrogen-bond donors (Lipinski definition) is 3. The second-order valence-electron chi connectivity index (χ2n) is 9.32. The third kappa shape index (κ3) is 7.37. The van der Waals surface area contributed by atoms with E-state index < -0.39 is 27.1 Å². The first-order valence-electron chi connectivity index (χ1n) is 10.4. The van der Waals surface area contributed by atoms with Crippen LogP contribution in [0.3, 0.4) is 0 Å². The molecule has 0 saturated carbocycles. The van der Waals surface area contributed by atoms with Crippen molar-refractivity contribution >= 4 is 27.4 Å². The van der Waals surface area contributed by atoms with Crippen LogP contribution in [0.4, 0.5) is 16.3 Å². The number of hydrogen-bond acceptors (Lipinski definition) is 7. The van der Waals surface area contributed by atoms with Crippen LogP contribution in [0.5, 0.6) is 0 Å². The van der Waals surface area contributed by atoms with E-state index in [4.69, 9.17) is 4.74 Å². The Morgan fingerprint density at radius 2 is 1.81 bits per heavy atom. The highest BCUT2D eigenvalue weighted by atomic mass is 32.2. The molecule has 9 nitrogen and oxygen atoms in total. The van der Waals surface area contributed by atoms with Crippen LogP contribution in [-0.4, -0.2) is 41.9 Å². The summed E-state index contributed by atoms with van der Waals surface area (Å²) in [4.78, 5) is 31.6. The van der Waals surface area contributed by atoms with Gasteiger partial charge in [0.2, 0.25) is 0 Å². The maximum Gasteiger partial charge on any atom is 0.412 e. The molecule has 1 heterocycles. The van der Waals surface area contributed by atoms with Crippen molar-refractivity contribution in [2.45, 2.75) is 65.0 Å². The highest BCUT2D eigenvalue weighted by Crippen LogP contribution is 2.27. The molecule has 2 aromatic rings.